The van der Waals surface area contributed by atoms with E-state index < -0.39 is 35.8 Å². The van der Waals surface area contributed by atoms with Crippen molar-refractivity contribution in [3.8, 4) is 0 Å². The summed E-state index contributed by atoms with van der Waals surface area (Å²) in [5.74, 6) is -1.19. The van der Waals surface area contributed by atoms with Crippen LogP contribution in [0.3, 0.4) is 0 Å². The summed E-state index contributed by atoms with van der Waals surface area (Å²) >= 11 is 0. The van der Waals surface area contributed by atoms with Crippen LogP contribution in [0.25, 0.3) is 0 Å². The van der Waals surface area contributed by atoms with E-state index >= 15 is 0 Å². The molecule has 1 aromatic carbocycles. The van der Waals surface area contributed by atoms with Crippen molar-refractivity contribution in [3.05, 3.63) is 35.9 Å². The second-order valence-electron chi connectivity index (χ2n) is 6.74. The first kappa shape index (κ1) is 18.8. The van der Waals surface area contributed by atoms with Gasteiger partial charge in [0.25, 0.3) is 0 Å². The van der Waals surface area contributed by atoms with Crippen LogP contribution in [0.5, 0.6) is 0 Å². The highest BCUT2D eigenvalue weighted by molar-refractivity contribution is 5.90. The highest BCUT2D eigenvalue weighted by atomic mass is 16.6. The first-order chi connectivity index (χ1) is 11.7. The quantitative estimate of drug-likeness (QED) is 0.616. The van der Waals surface area contributed by atoms with Crippen LogP contribution in [-0.4, -0.2) is 54.3 Å². The Kier molecular flexibility index (Phi) is 5.66. The summed E-state index contributed by atoms with van der Waals surface area (Å²) in [6.45, 7) is 5.45. The van der Waals surface area contributed by atoms with Gasteiger partial charge in [-0.05, 0) is 32.9 Å². The van der Waals surface area contributed by atoms with Crippen molar-refractivity contribution in [2.45, 2.75) is 44.9 Å². The molecule has 2 atom stereocenters. The average molecular weight is 349 g/mol. The second kappa shape index (κ2) is 7.55. The predicted octanol–water partition coefficient (Wildman–Crippen LogP) is 2.39. The fraction of sp³-hybridized carbons (Fsp3) is 0.500. The Balaban J connectivity index is 2.14. The lowest BCUT2D eigenvalue weighted by atomic mass is 10.1. The first-order valence-corrected chi connectivity index (χ1v) is 8.06. The van der Waals surface area contributed by atoms with Gasteiger partial charge in [-0.2, -0.15) is 0 Å². The molecular weight excluding hydrogens is 326 g/mol. The third-order valence-electron chi connectivity index (χ3n) is 3.68. The molecule has 1 heterocycles. The van der Waals surface area contributed by atoms with Gasteiger partial charge in [-0.25, -0.2) is 14.4 Å². The van der Waals surface area contributed by atoms with Crippen LogP contribution < -0.4 is 0 Å². The van der Waals surface area contributed by atoms with Crippen LogP contribution in [0.2, 0.25) is 0 Å². The van der Waals surface area contributed by atoms with Crippen LogP contribution in [0, 0.1) is 0 Å². The van der Waals surface area contributed by atoms with Crippen LogP contribution in [0.1, 0.15) is 37.6 Å². The van der Waals surface area contributed by atoms with Gasteiger partial charge in [-0.15, -0.1) is 0 Å². The fourth-order valence-corrected chi connectivity index (χ4v) is 2.59. The number of carbonyl (C=O) groups is 3. The molecule has 0 bridgehead atoms. The van der Waals surface area contributed by atoms with Crippen molar-refractivity contribution in [1.29, 1.82) is 0 Å². The van der Waals surface area contributed by atoms with Gasteiger partial charge in [0, 0.05) is 13.0 Å². The number of benzene rings is 1. The molecule has 1 aromatic rings. The third kappa shape index (κ3) is 4.71. The number of carbonyl (C=O) groups excluding carboxylic acids is 3. The Hall–Kier alpha value is -2.57. The lowest BCUT2D eigenvalue weighted by molar-refractivity contribution is -0.148. The highest BCUT2D eigenvalue weighted by Crippen LogP contribution is 2.25. The lowest BCUT2D eigenvalue weighted by Gasteiger charge is -2.28. The molecular formula is C18H23NO6. The van der Waals surface area contributed by atoms with Gasteiger partial charge in [-0.1, -0.05) is 18.2 Å². The molecule has 1 aliphatic heterocycles. The summed E-state index contributed by atoms with van der Waals surface area (Å²) < 4.78 is 15.6. The molecule has 1 saturated heterocycles. The molecule has 7 heteroatoms. The van der Waals surface area contributed by atoms with E-state index in [-0.39, 0.29) is 6.54 Å². The maximum absolute atomic E-state index is 12.3. The molecule has 25 heavy (non-hydrogen) atoms. The summed E-state index contributed by atoms with van der Waals surface area (Å²) in [5.41, 5.74) is -0.321. The first-order valence-electron chi connectivity index (χ1n) is 8.06. The summed E-state index contributed by atoms with van der Waals surface area (Å²) in [6, 6.07) is 7.44. The number of nitrogens with zero attached hydrogens (tertiary/aromatic N) is 1. The van der Waals surface area contributed by atoms with E-state index in [1.165, 1.54) is 12.0 Å². The van der Waals surface area contributed by atoms with Gasteiger partial charge in [0.1, 0.15) is 11.7 Å². The molecule has 0 unspecified atom stereocenters. The molecule has 0 radical (unpaired) electrons. The average Bonchev–Trinajstić information content (AvgIpc) is 2.97. The van der Waals surface area contributed by atoms with E-state index in [0.717, 1.165) is 0 Å². The van der Waals surface area contributed by atoms with Crippen molar-refractivity contribution in [1.82, 2.24) is 4.90 Å². The van der Waals surface area contributed by atoms with Crippen LogP contribution >= 0.6 is 0 Å². The van der Waals surface area contributed by atoms with Crippen LogP contribution in [0.4, 0.5) is 4.79 Å². The van der Waals surface area contributed by atoms with E-state index in [1.807, 2.05) is 0 Å². The smallest absolute Gasteiger partial charge is 0.411 e. The Morgan fingerprint density at radius 3 is 2.32 bits per heavy atom. The van der Waals surface area contributed by atoms with Crippen LogP contribution in [-0.2, 0) is 19.0 Å². The van der Waals surface area contributed by atoms with E-state index in [2.05, 4.69) is 0 Å². The summed E-state index contributed by atoms with van der Waals surface area (Å²) in [7, 11) is 1.23. The number of esters is 2. The summed E-state index contributed by atoms with van der Waals surface area (Å²) in [4.78, 5) is 38.0. The van der Waals surface area contributed by atoms with E-state index in [9.17, 15) is 14.4 Å². The van der Waals surface area contributed by atoms with E-state index in [0.29, 0.717) is 12.0 Å². The number of rotatable bonds is 3. The molecule has 1 fully saturated rings. The molecule has 0 spiro atoms. The Morgan fingerprint density at radius 2 is 1.76 bits per heavy atom. The number of likely N-dealkylation sites (tertiary alicyclic amines) is 1. The second-order valence-corrected chi connectivity index (χ2v) is 6.74. The number of hydrogen-bond donors (Lipinski definition) is 0. The van der Waals surface area contributed by atoms with Gasteiger partial charge in [0.15, 0.2) is 6.04 Å². The zero-order valence-corrected chi connectivity index (χ0v) is 14.9. The molecule has 1 aliphatic rings. The molecule has 0 saturated carbocycles. The number of amides is 1. The maximum Gasteiger partial charge on any atom is 0.411 e. The Morgan fingerprint density at radius 1 is 1.12 bits per heavy atom. The normalized spacial score (nSPS) is 20.1. The molecule has 136 valence electrons. The van der Waals surface area contributed by atoms with Gasteiger partial charge in [0.05, 0.1) is 12.7 Å². The third-order valence-corrected chi connectivity index (χ3v) is 3.68. The maximum atomic E-state index is 12.3. The molecule has 0 aromatic heterocycles. The fourth-order valence-electron chi connectivity index (χ4n) is 2.59. The molecule has 0 aliphatic carbocycles. The zero-order chi connectivity index (χ0) is 18.6. The molecule has 0 N–H and O–H groups in total. The molecule has 1 amide bonds. The SMILES string of the molecule is COC(=O)[C@@H]1[C@H](OC(=O)c2ccccc2)CCN1C(=O)OC(C)(C)C. The van der Waals surface area contributed by atoms with Gasteiger partial charge in [-0.3, -0.25) is 4.90 Å². The van der Waals surface area contributed by atoms with Crippen molar-refractivity contribution in [2.75, 3.05) is 13.7 Å². The van der Waals surface area contributed by atoms with E-state index in [1.54, 1.807) is 51.1 Å². The van der Waals surface area contributed by atoms with E-state index in [4.69, 9.17) is 14.2 Å². The minimum atomic E-state index is -1.02. The zero-order valence-electron chi connectivity index (χ0n) is 14.9. The largest absolute Gasteiger partial charge is 0.467 e. The highest BCUT2D eigenvalue weighted by Gasteiger charge is 2.46. The van der Waals surface area contributed by atoms with Gasteiger partial charge >= 0.3 is 18.0 Å². The number of hydrogen-bond acceptors (Lipinski definition) is 6. The molecule has 2 rings (SSSR count). The van der Waals surface area contributed by atoms with Crippen molar-refractivity contribution >= 4 is 18.0 Å². The van der Waals surface area contributed by atoms with Gasteiger partial charge in [0.2, 0.25) is 0 Å². The standard InChI is InChI=1S/C18H23NO6/c1-18(2,3)25-17(22)19-11-10-13(14(19)16(21)23-4)24-15(20)12-8-6-5-7-9-12/h5-9,13-14H,10-11H2,1-4H3/t13-,14+/m1/s1. The Labute approximate surface area is 146 Å². The topological polar surface area (TPSA) is 82.1 Å². The number of ether oxygens (including phenoxy) is 3. The lowest BCUT2D eigenvalue weighted by Crippen LogP contribution is -2.48. The van der Waals surface area contributed by atoms with Crippen molar-refractivity contribution in [2.24, 2.45) is 0 Å². The Bertz CT molecular complexity index is 637. The van der Waals surface area contributed by atoms with Crippen molar-refractivity contribution < 1.29 is 28.6 Å². The predicted molar refractivity (Wildman–Crippen MR) is 89.0 cm³/mol. The van der Waals surface area contributed by atoms with Crippen molar-refractivity contribution in [3.63, 3.8) is 0 Å². The minimum absolute atomic E-state index is 0.238. The van der Waals surface area contributed by atoms with Crippen LogP contribution in [0.15, 0.2) is 30.3 Å². The molecule has 7 nitrogen and oxygen atoms in total. The van der Waals surface area contributed by atoms with Gasteiger partial charge < -0.3 is 14.2 Å². The number of methoxy groups -OCH3 is 1. The monoisotopic (exact) mass is 349 g/mol. The summed E-state index contributed by atoms with van der Waals surface area (Å²) in [6.07, 6.45) is -1.09. The summed E-state index contributed by atoms with van der Waals surface area (Å²) in [5, 5.41) is 0. The minimum Gasteiger partial charge on any atom is -0.467 e.